The maximum Gasteiger partial charge on any atom is 0.403 e. The molecule has 0 radical (unpaired) electrons. The van der Waals surface area contributed by atoms with Gasteiger partial charge < -0.3 is 15.0 Å². The van der Waals surface area contributed by atoms with Gasteiger partial charge in [-0.15, -0.1) is 0 Å². The van der Waals surface area contributed by atoms with Crippen LogP contribution in [0.25, 0.3) is 0 Å². The lowest BCUT2D eigenvalue weighted by Gasteiger charge is -2.39. The molecule has 2 saturated heterocycles. The summed E-state index contributed by atoms with van der Waals surface area (Å²) in [6, 6.07) is 7.03. The Morgan fingerprint density at radius 3 is 2.42 bits per heavy atom. The summed E-state index contributed by atoms with van der Waals surface area (Å²) >= 11 is 0. The van der Waals surface area contributed by atoms with E-state index in [1.54, 1.807) is 0 Å². The quantitative estimate of drug-likeness (QED) is 0.543. The van der Waals surface area contributed by atoms with Crippen molar-refractivity contribution in [3.63, 3.8) is 0 Å². The van der Waals surface area contributed by atoms with Crippen molar-refractivity contribution in [2.45, 2.75) is 39.2 Å². The highest BCUT2D eigenvalue weighted by Gasteiger charge is 2.41. The van der Waals surface area contributed by atoms with Gasteiger partial charge in [0.2, 0.25) is 0 Å². The standard InChI is InChI=1S/C22H34F3N5O/c1-3-26-21(30-9-7-29(8-10-30)18(2)22(23,24)25)27-16-19-5-4-6-20(15-19)17-28-11-13-31-14-12-28/h4-6,15,18H,3,7-14,16-17H2,1-2H3,(H,26,27). The molecule has 2 fully saturated rings. The summed E-state index contributed by atoms with van der Waals surface area (Å²) in [5, 5.41) is 3.29. The van der Waals surface area contributed by atoms with Crippen LogP contribution >= 0.6 is 0 Å². The van der Waals surface area contributed by atoms with Crippen LogP contribution in [-0.4, -0.2) is 91.9 Å². The molecular weight excluding hydrogens is 407 g/mol. The molecule has 1 aromatic carbocycles. The molecule has 1 atom stereocenters. The number of aliphatic imine (C=N–C) groups is 1. The molecule has 1 unspecified atom stereocenters. The van der Waals surface area contributed by atoms with Gasteiger partial charge in [0.15, 0.2) is 5.96 Å². The van der Waals surface area contributed by atoms with Gasteiger partial charge in [-0.2, -0.15) is 13.2 Å². The van der Waals surface area contributed by atoms with Crippen molar-refractivity contribution in [3.8, 4) is 0 Å². The third kappa shape index (κ3) is 7.08. The monoisotopic (exact) mass is 441 g/mol. The number of rotatable bonds is 6. The first-order valence-electron chi connectivity index (χ1n) is 11.1. The first-order chi connectivity index (χ1) is 14.9. The zero-order valence-corrected chi connectivity index (χ0v) is 18.5. The van der Waals surface area contributed by atoms with Crippen LogP contribution < -0.4 is 5.32 Å². The Kier molecular flexibility index (Phi) is 8.57. The van der Waals surface area contributed by atoms with Crippen molar-refractivity contribution in [3.05, 3.63) is 35.4 Å². The fourth-order valence-electron chi connectivity index (χ4n) is 3.96. The van der Waals surface area contributed by atoms with E-state index in [2.05, 4.69) is 39.4 Å². The lowest BCUT2D eigenvalue weighted by Crippen LogP contribution is -2.56. The number of halogens is 3. The molecule has 174 valence electrons. The summed E-state index contributed by atoms with van der Waals surface area (Å²) in [5.74, 6) is 0.764. The normalized spacial score (nSPS) is 20.7. The van der Waals surface area contributed by atoms with E-state index in [0.29, 0.717) is 32.7 Å². The number of nitrogens with one attached hydrogen (secondary N) is 1. The van der Waals surface area contributed by atoms with E-state index in [-0.39, 0.29) is 0 Å². The second kappa shape index (κ2) is 11.2. The van der Waals surface area contributed by atoms with Crippen molar-refractivity contribution in [2.75, 3.05) is 59.0 Å². The third-order valence-corrected chi connectivity index (χ3v) is 5.88. The maximum absolute atomic E-state index is 13.0. The molecule has 6 nitrogen and oxygen atoms in total. The molecule has 0 bridgehead atoms. The van der Waals surface area contributed by atoms with E-state index in [1.165, 1.54) is 17.4 Å². The van der Waals surface area contributed by atoms with Crippen LogP contribution in [-0.2, 0) is 17.8 Å². The molecule has 3 rings (SSSR count). The van der Waals surface area contributed by atoms with Crippen molar-refractivity contribution in [2.24, 2.45) is 4.99 Å². The largest absolute Gasteiger partial charge is 0.403 e. The minimum Gasteiger partial charge on any atom is -0.379 e. The predicted octanol–water partition coefficient (Wildman–Crippen LogP) is 2.55. The second-order valence-electron chi connectivity index (χ2n) is 8.12. The lowest BCUT2D eigenvalue weighted by atomic mass is 10.1. The molecule has 0 aromatic heterocycles. The van der Waals surface area contributed by atoms with Crippen LogP contribution in [0.4, 0.5) is 13.2 Å². The van der Waals surface area contributed by atoms with E-state index in [9.17, 15) is 13.2 Å². The Morgan fingerprint density at radius 2 is 1.77 bits per heavy atom. The number of hydrogen-bond donors (Lipinski definition) is 1. The molecule has 1 aromatic rings. The lowest BCUT2D eigenvalue weighted by molar-refractivity contribution is -0.181. The average Bonchev–Trinajstić information content (AvgIpc) is 2.77. The zero-order valence-electron chi connectivity index (χ0n) is 18.5. The van der Waals surface area contributed by atoms with Gasteiger partial charge in [0.25, 0.3) is 0 Å². The van der Waals surface area contributed by atoms with Crippen molar-refractivity contribution < 1.29 is 17.9 Å². The first kappa shape index (κ1) is 23.8. The molecule has 9 heteroatoms. The van der Waals surface area contributed by atoms with Crippen LogP contribution in [0, 0.1) is 0 Å². The number of benzene rings is 1. The number of piperazine rings is 1. The summed E-state index contributed by atoms with van der Waals surface area (Å²) in [4.78, 5) is 10.7. The molecule has 0 amide bonds. The van der Waals surface area contributed by atoms with Gasteiger partial charge in [-0.3, -0.25) is 9.80 Å². The maximum atomic E-state index is 13.0. The van der Waals surface area contributed by atoms with Gasteiger partial charge in [0.1, 0.15) is 6.04 Å². The van der Waals surface area contributed by atoms with Crippen LogP contribution in [0.3, 0.4) is 0 Å². The minimum absolute atomic E-state index is 0.375. The summed E-state index contributed by atoms with van der Waals surface area (Å²) in [6.45, 7) is 10.7. The van der Waals surface area contributed by atoms with Gasteiger partial charge in [-0.1, -0.05) is 24.3 Å². The number of morpholine rings is 1. The molecule has 2 heterocycles. The molecule has 0 spiro atoms. The molecule has 0 aliphatic carbocycles. The predicted molar refractivity (Wildman–Crippen MR) is 116 cm³/mol. The van der Waals surface area contributed by atoms with Gasteiger partial charge in [-0.25, -0.2) is 4.99 Å². The smallest absolute Gasteiger partial charge is 0.379 e. The minimum atomic E-state index is -4.19. The number of hydrogen-bond acceptors (Lipinski definition) is 4. The Hall–Kier alpha value is -1.84. The van der Waals surface area contributed by atoms with Gasteiger partial charge >= 0.3 is 6.18 Å². The number of ether oxygens (including phenoxy) is 1. The van der Waals surface area contributed by atoms with Gasteiger partial charge in [0.05, 0.1) is 19.8 Å². The SMILES string of the molecule is CCNC(=NCc1cccc(CN2CCOCC2)c1)N1CCN(C(C)C(F)(F)F)CC1. The van der Waals surface area contributed by atoms with Crippen molar-refractivity contribution >= 4 is 5.96 Å². The molecular formula is C22H34F3N5O. The van der Waals surface area contributed by atoms with Gasteiger partial charge in [-0.05, 0) is 25.0 Å². The highest BCUT2D eigenvalue weighted by atomic mass is 19.4. The Morgan fingerprint density at radius 1 is 1.10 bits per heavy atom. The molecule has 31 heavy (non-hydrogen) atoms. The Bertz CT molecular complexity index is 713. The van der Waals surface area contributed by atoms with E-state index in [0.717, 1.165) is 50.9 Å². The Labute approximate surface area is 183 Å². The van der Waals surface area contributed by atoms with E-state index in [4.69, 9.17) is 9.73 Å². The average molecular weight is 442 g/mol. The van der Waals surface area contributed by atoms with E-state index >= 15 is 0 Å². The van der Waals surface area contributed by atoms with Crippen LogP contribution in [0.1, 0.15) is 25.0 Å². The highest BCUT2D eigenvalue weighted by Crippen LogP contribution is 2.25. The number of alkyl halides is 3. The third-order valence-electron chi connectivity index (χ3n) is 5.88. The van der Waals surface area contributed by atoms with Crippen LogP contribution in [0.2, 0.25) is 0 Å². The summed E-state index contributed by atoms with van der Waals surface area (Å²) in [6.07, 6.45) is -4.19. The number of nitrogens with zero attached hydrogens (tertiary/aromatic N) is 4. The van der Waals surface area contributed by atoms with Crippen LogP contribution in [0.15, 0.2) is 29.3 Å². The Balaban J connectivity index is 1.58. The van der Waals surface area contributed by atoms with E-state index < -0.39 is 12.2 Å². The summed E-state index contributed by atoms with van der Waals surface area (Å²) in [7, 11) is 0. The fraction of sp³-hybridized carbons (Fsp3) is 0.682. The topological polar surface area (TPSA) is 43.3 Å². The van der Waals surface area contributed by atoms with Crippen LogP contribution in [0.5, 0.6) is 0 Å². The molecule has 2 aliphatic heterocycles. The second-order valence-corrected chi connectivity index (χ2v) is 8.12. The first-order valence-corrected chi connectivity index (χ1v) is 11.1. The van der Waals surface area contributed by atoms with Crippen molar-refractivity contribution in [1.29, 1.82) is 0 Å². The molecule has 1 N–H and O–H groups in total. The van der Waals surface area contributed by atoms with Crippen molar-refractivity contribution in [1.82, 2.24) is 20.0 Å². The van der Waals surface area contributed by atoms with E-state index in [1.807, 2.05) is 6.92 Å². The summed E-state index contributed by atoms with van der Waals surface area (Å²) < 4.78 is 44.4. The fourth-order valence-corrected chi connectivity index (χ4v) is 3.96. The molecule has 2 aliphatic rings. The van der Waals surface area contributed by atoms with Gasteiger partial charge in [0, 0.05) is 52.4 Å². The molecule has 0 saturated carbocycles. The highest BCUT2D eigenvalue weighted by molar-refractivity contribution is 5.80. The zero-order chi connectivity index (χ0) is 22.3. The number of guanidine groups is 1. The summed E-state index contributed by atoms with van der Waals surface area (Å²) in [5.41, 5.74) is 2.39.